The van der Waals surface area contributed by atoms with Gasteiger partial charge in [-0.3, -0.25) is 9.59 Å². The van der Waals surface area contributed by atoms with Crippen molar-refractivity contribution in [3.05, 3.63) is 0 Å². The molecule has 2 saturated heterocycles. The highest BCUT2D eigenvalue weighted by atomic mass is 35.5. The number of hydrogen-bond donors (Lipinski definition) is 1. The molecule has 2 N–H and O–H groups in total. The maximum absolute atomic E-state index is 12.5. The molecule has 0 aromatic rings. The maximum atomic E-state index is 12.5. The Labute approximate surface area is 127 Å². The van der Waals surface area contributed by atoms with E-state index >= 15 is 0 Å². The first-order valence-electron chi connectivity index (χ1n) is 7.45. The molecule has 2 rings (SSSR count). The maximum Gasteiger partial charge on any atom is 0.245 e. The fourth-order valence-corrected chi connectivity index (χ4v) is 3.12. The molecular formula is C14H26ClN3O2. The summed E-state index contributed by atoms with van der Waals surface area (Å²) in [5.41, 5.74) is 5.66. The first-order chi connectivity index (χ1) is 9.17. The van der Waals surface area contributed by atoms with Crippen LogP contribution in [0.3, 0.4) is 0 Å². The monoisotopic (exact) mass is 303 g/mol. The van der Waals surface area contributed by atoms with Crippen molar-refractivity contribution in [1.82, 2.24) is 9.80 Å². The van der Waals surface area contributed by atoms with E-state index in [1.807, 2.05) is 11.8 Å². The molecule has 0 aliphatic carbocycles. The molecule has 20 heavy (non-hydrogen) atoms. The predicted molar refractivity (Wildman–Crippen MR) is 80.6 cm³/mol. The lowest BCUT2D eigenvalue weighted by molar-refractivity contribution is -0.143. The second-order valence-corrected chi connectivity index (χ2v) is 5.67. The second-order valence-electron chi connectivity index (χ2n) is 5.67. The molecule has 0 saturated carbocycles. The number of halogens is 1. The molecule has 2 aliphatic heterocycles. The third-order valence-electron chi connectivity index (χ3n) is 4.25. The highest BCUT2D eigenvalue weighted by Crippen LogP contribution is 2.24. The van der Waals surface area contributed by atoms with E-state index in [1.54, 1.807) is 4.90 Å². The van der Waals surface area contributed by atoms with Gasteiger partial charge in [-0.15, -0.1) is 12.4 Å². The van der Waals surface area contributed by atoms with Crippen molar-refractivity contribution in [2.45, 2.75) is 45.1 Å². The Kier molecular flexibility index (Phi) is 6.76. The molecule has 2 fully saturated rings. The van der Waals surface area contributed by atoms with Crippen molar-refractivity contribution in [2.75, 3.05) is 26.2 Å². The van der Waals surface area contributed by atoms with E-state index in [0.717, 1.165) is 45.3 Å². The lowest BCUT2D eigenvalue weighted by Crippen LogP contribution is -2.47. The van der Waals surface area contributed by atoms with Crippen molar-refractivity contribution in [3.8, 4) is 0 Å². The molecule has 0 bridgehead atoms. The van der Waals surface area contributed by atoms with Gasteiger partial charge in [0.2, 0.25) is 11.8 Å². The third-order valence-corrected chi connectivity index (χ3v) is 4.25. The van der Waals surface area contributed by atoms with Crippen LogP contribution in [0.2, 0.25) is 0 Å². The van der Waals surface area contributed by atoms with E-state index in [2.05, 4.69) is 0 Å². The summed E-state index contributed by atoms with van der Waals surface area (Å²) in [5, 5.41) is 0. The van der Waals surface area contributed by atoms with Crippen molar-refractivity contribution in [3.63, 3.8) is 0 Å². The van der Waals surface area contributed by atoms with Gasteiger partial charge in [0.1, 0.15) is 6.04 Å². The largest absolute Gasteiger partial charge is 0.341 e. The van der Waals surface area contributed by atoms with Gasteiger partial charge >= 0.3 is 0 Å². The van der Waals surface area contributed by atoms with Crippen molar-refractivity contribution in [2.24, 2.45) is 11.7 Å². The number of likely N-dealkylation sites (tertiary alicyclic amines) is 2. The Balaban J connectivity index is 0.00000200. The fourth-order valence-electron chi connectivity index (χ4n) is 3.12. The summed E-state index contributed by atoms with van der Waals surface area (Å²) in [5.74, 6) is 0.705. The molecule has 2 unspecified atom stereocenters. The molecule has 116 valence electrons. The van der Waals surface area contributed by atoms with Crippen molar-refractivity contribution >= 4 is 24.2 Å². The Morgan fingerprint density at radius 3 is 2.60 bits per heavy atom. The van der Waals surface area contributed by atoms with E-state index in [0.29, 0.717) is 18.9 Å². The van der Waals surface area contributed by atoms with Gasteiger partial charge in [0.05, 0.1) is 0 Å². The van der Waals surface area contributed by atoms with Gasteiger partial charge in [0.15, 0.2) is 0 Å². The standard InChI is InChI=1S/C14H25N3O2.ClH/c1-2-4-13(18)17-7-3-5-12(17)14(19)16-8-6-11(9-15)10-16;/h11-12H,2-10,15H2,1H3;1H. The first-order valence-corrected chi connectivity index (χ1v) is 7.45. The zero-order valence-electron chi connectivity index (χ0n) is 12.2. The number of nitrogens with two attached hydrogens (primary N) is 1. The van der Waals surface area contributed by atoms with E-state index in [1.165, 1.54) is 0 Å². The zero-order chi connectivity index (χ0) is 13.8. The fraction of sp³-hybridized carbons (Fsp3) is 0.857. The number of amides is 2. The number of carbonyl (C=O) groups is 2. The lowest BCUT2D eigenvalue weighted by atomic mass is 10.1. The minimum Gasteiger partial charge on any atom is -0.341 e. The zero-order valence-corrected chi connectivity index (χ0v) is 13.0. The molecular weight excluding hydrogens is 278 g/mol. The van der Waals surface area contributed by atoms with Gasteiger partial charge in [0.25, 0.3) is 0 Å². The van der Waals surface area contributed by atoms with Gasteiger partial charge in [-0.05, 0) is 38.1 Å². The van der Waals surface area contributed by atoms with Crippen LogP contribution >= 0.6 is 12.4 Å². The highest BCUT2D eigenvalue weighted by Gasteiger charge is 2.37. The van der Waals surface area contributed by atoms with Crippen LogP contribution in [0.1, 0.15) is 39.0 Å². The van der Waals surface area contributed by atoms with E-state index in [-0.39, 0.29) is 30.3 Å². The molecule has 0 aromatic carbocycles. The van der Waals surface area contributed by atoms with Crippen LogP contribution in [-0.4, -0.2) is 53.8 Å². The predicted octanol–water partition coefficient (Wildman–Crippen LogP) is 1.01. The van der Waals surface area contributed by atoms with Gasteiger partial charge in [-0.25, -0.2) is 0 Å². The second kappa shape index (κ2) is 7.84. The summed E-state index contributed by atoms with van der Waals surface area (Å²) >= 11 is 0. The quantitative estimate of drug-likeness (QED) is 0.843. The van der Waals surface area contributed by atoms with Gasteiger partial charge in [-0.1, -0.05) is 6.92 Å². The summed E-state index contributed by atoms with van der Waals surface area (Å²) in [6, 6.07) is -0.212. The molecule has 2 amide bonds. The lowest BCUT2D eigenvalue weighted by Gasteiger charge is -2.28. The van der Waals surface area contributed by atoms with E-state index in [9.17, 15) is 9.59 Å². The summed E-state index contributed by atoms with van der Waals surface area (Å²) in [7, 11) is 0. The van der Waals surface area contributed by atoms with Gasteiger partial charge < -0.3 is 15.5 Å². The number of nitrogens with zero attached hydrogens (tertiary/aromatic N) is 2. The van der Waals surface area contributed by atoms with Crippen molar-refractivity contribution in [1.29, 1.82) is 0 Å². The SMILES string of the molecule is CCCC(=O)N1CCCC1C(=O)N1CCC(CN)C1.Cl. The normalized spacial score (nSPS) is 25.7. The minimum atomic E-state index is -0.212. The third kappa shape index (κ3) is 3.64. The molecule has 2 heterocycles. The minimum absolute atomic E-state index is 0. The average molecular weight is 304 g/mol. The Morgan fingerprint density at radius 1 is 1.25 bits per heavy atom. The van der Waals surface area contributed by atoms with Crippen LogP contribution in [0.5, 0.6) is 0 Å². The van der Waals surface area contributed by atoms with Crippen LogP contribution in [0.25, 0.3) is 0 Å². The van der Waals surface area contributed by atoms with Gasteiger partial charge in [-0.2, -0.15) is 0 Å². The van der Waals surface area contributed by atoms with Gasteiger partial charge in [0, 0.05) is 26.1 Å². The number of hydrogen-bond acceptors (Lipinski definition) is 3. The topological polar surface area (TPSA) is 66.6 Å². The van der Waals surface area contributed by atoms with Crippen LogP contribution in [0.15, 0.2) is 0 Å². The Hall–Kier alpha value is -0.810. The Morgan fingerprint density at radius 2 is 2.00 bits per heavy atom. The number of rotatable bonds is 4. The molecule has 2 atom stereocenters. The summed E-state index contributed by atoms with van der Waals surface area (Å²) < 4.78 is 0. The smallest absolute Gasteiger partial charge is 0.245 e. The van der Waals surface area contributed by atoms with Crippen molar-refractivity contribution < 1.29 is 9.59 Å². The Bertz CT molecular complexity index is 351. The molecule has 0 spiro atoms. The highest BCUT2D eigenvalue weighted by molar-refractivity contribution is 5.88. The van der Waals surface area contributed by atoms with Crippen LogP contribution in [0.4, 0.5) is 0 Å². The molecule has 6 heteroatoms. The number of carbonyl (C=O) groups excluding carboxylic acids is 2. The van der Waals surface area contributed by atoms with Crippen LogP contribution in [0, 0.1) is 5.92 Å². The first kappa shape index (κ1) is 17.2. The summed E-state index contributed by atoms with van der Waals surface area (Å²) in [4.78, 5) is 28.2. The molecule has 0 aromatic heterocycles. The summed E-state index contributed by atoms with van der Waals surface area (Å²) in [6.45, 7) is 4.95. The molecule has 2 aliphatic rings. The van der Waals surface area contributed by atoms with Crippen LogP contribution in [-0.2, 0) is 9.59 Å². The van der Waals surface area contributed by atoms with E-state index < -0.39 is 0 Å². The molecule has 0 radical (unpaired) electrons. The van der Waals surface area contributed by atoms with E-state index in [4.69, 9.17) is 5.73 Å². The average Bonchev–Trinajstić information content (AvgIpc) is 3.07. The summed E-state index contributed by atoms with van der Waals surface area (Å²) in [6.07, 6.45) is 4.15. The van der Waals surface area contributed by atoms with Crippen LogP contribution < -0.4 is 5.73 Å². The molecule has 5 nitrogen and oxygen atoms in total.